The minimum absolute atomic E-state index is 0.0315. The number of carbonyl (C=O) groups is 1. The maximum absolute atomic E-state index is 13.7. The number of aromatic hydroxyl groups is 1. The molecule has 5 rings (SSSR count). The molecule has 1 aromatic heterocycles. The molecule has 168 valence electrons. The Morgan fingerprint density at radius 3 is 2.33 bits per heavy atom. The van der Waals surface area contributed by atoms with Crippen molar-refractivity contribution in [2.24, 2.45) is 0 Å². The summed E-state index contributed by atoms with van der Waals surface area (Å²) >= 11 is 6.34. The number of aromatic carboxylic acids is 1. The van der Waals surface area contributed by atoms with Gasteiger partial charge in [0.05, 0.1) is 16.5 Å². The van der Waals surface area contributed by atoms with E-state index in [9.17, 15) is 19.4 Å². The Kier molecular flexibility index (Phi) is 5.56. The van der Waals surface area contributed by atoms with Crippen molar-refractivity contribution in [2.75, 3.05) is 13.2 Å². The van der Waals surface area contributed by atoms with Crippen LogP contribution in [0.15, 0.2) is 60.7 Å². The minimum atomic E-state index is -1.01. The third kappa shape index (κ3) is 3.86. The number of carboxylic acid groups (broad SMARTS) is 1. The fraction of sp³-hybridized carbons (Fsp3) is 0.192. The van der Waals surface area contributed by atoms with Gasteiger partial charge in [-0.3, -0.25) is 0 Å². The van der Waals surface area contributed by atoms with Crippen LogP contribution in [0.25, 0.3) is 27.7 Å². The fourth-order valence-corrected chi connectivity index (χ4v) is 4.89. The van der Waals surface area contributed by atoms with Crippen LogP contribution in [0.1, 0.15) is 34.8 Å². The van der Waals surface area contributed by atoms with Gasteiger partial charge in [-0.2, -0.15) is 0 Å². The number of phenols is 1. The molecule has 0 amide bonds. The van der Waals surface area contributed by atoms with Crippen LogP contribution in [0.3, 0.4) is 0 Å². The highest BCUT2D eigenvalue weighted by Gasteiger charge is 2.29. The Labute approximate surface area is 194 Å². The van der Waals surface area contributed by atoms with Crippen molar-refractivity contribution in [3.63, 3.8) is 0 Å². The van der Waals surface area contributed by atoms with Crippen molar-refractivity contribution < 1.29 is 24.1 Å². The summed E-state index contributed by atoms with van der Waals surface area (Å²) in [7, 11) is 0. The zero-order valence-corrected chi connectivity index (χ0v) is 18.3. The molecule has 4 aromatic rings. The second kappa shape index (κ2) is 8.54. The Balaban J connectivity index is 1.87. The van der Waals surface area contributed by atoms with Gasteiger partial charge >= 0.3 is 5.97 Å². The fourth-order valence-electron chi connectivity index (χ4n) is 4.68. The molecule has 3 aromatic carbocycles. The first kappa shape index (κ1) is 21.5. The van der Waals surface area contributed by atoms with E-state index < -0.39 is 5.97 Å². The van der Waals surface area contributed by atoms with E-state index in [4.69, 9.17) is 16.3 Å². The molecule has 0 bridgehead atoms. The Morgan fingerprint density at radius 1 is 1.03 bits per heavy atom. The van der Waals surface area contributed by atoms with Crippen LogP contribution in [0.5, 0.6) is 5.75 Å². The van der Waals surface area contributed by atoms with Crippen LogP contribution in [-0.2, 0) is 4.74 Å². The molecule has 33 heavy (non-hydrogen) atoms. The van der Waals surface area contributed by atoms with Crippen LogP contribution in [0.2, 0.25) is 5.02 Å². The number of hydrogen-bond donors (Lipinski definition) is 2. The van der Waals surface area contributed by atoms with Gasteiger partial charge in [0.1, 0.15) is 11.6 Å². The average Bonchev–Trinajstić information content (AvgIpc) is 3.15. The van der Waals surface area contributed by atoms with E-state index in [2.05, 4.69) is 0 Å². The minimum Gasteiger partial charge on any atom is -0.507 e. The predicted molar refractivity (Wildman–Crippen MR) is 125 cm³/mol. The molecule has 2 heterocycles. The van der Waals surface area contributed by atoms with Gasteiger partial charge in [-0.15, -0.1) is 0 Å². The monoisotopic (exact) mass is 465 g/mol. The largest absolute Gasteiger partial charge is 0.507 e. The highest BCUT2D eigenvalue weighted by atomic mass is 35.5. The Morgan fingerprint density at radius 2 is 1.70 bits per heavy atom. The standard InChI is InChI=1S/C26H21ClFNO4/c27-18-13-21-24(22(30)14-18)23(15-1-3-17(4-2-15)26(31)32)25(16-9-11-33-12-10-16)29(21)20-7-5-19(28)6-8-20/h1-8,13-14,16,30H,9-12H2,(H,31,32). The molecule has 2 N–H and O–H groups in total. The molecule has 0 unspecified atom stereocenters. The highest BCUT2D eigenvalue weighted by molar-refractivity contribution is 6.31. The number of benzene rings is 3. The Bertz CT molecular complexity index is 1340. The summed E-state index contributed by atoms with van der Waals surface area (Å²) in [6.45, 7) is 1.22. The van der Waals surface area contributed by atoms with Crippen LogP contribution in [0.4, 0.5) is 4.39 Å². The van der Waals surface area contributed by atoms with Gasteiger partial charge in [0.2, 0.25) is 0 Å². The lowest BCUT2D eigenvalue weighted by Gasteiger charge is -2.26. The van der Waals surface area contributed by atoms with Gasteiger partial charge in [0, 0.05) is 41.1 Å². The lowest BCUT2D eigenvalue weighted by atomic mass is 9.89. The summed E-state index contributed by atoms with van der Waals surface area (Å²) in [5, 5.41) is 21.3. The van der Waals surface area contributed by atoms with Crippen molar-refractivity contribution in [1.29, 1.82) is 0 Å². The first-order valence-corrected chi connectivity index (χ1v) is 11.1. The van der Waals surface area contributed by atoms with E-state index in [0.717, 1.165) is 35.3 Å². The van der Waals surface area contributed by atoms with E-state index in [1.165, 1.54) is 18.2 Å². The van der Waals surface area contributed by atoms with E-state index in [1.807, 2.05) is 4.57 Å². The van der Waals surface area contributed by atoms with Crippen LogP contribution in [-0.4, -0.2) is 34.0 Å². The van der Waals surface area contributed by atoms with Gasteiger partial charge < -0.3 is 19.5 Å². The van der Waals surface area contributed by atoms with E-state index in [0.29, 0.717) is 29.1 Å². The predicted octanol–water partition coefficient (Wildman–Crippen LogP) is 6.39. The number of rotatable bonds is 4. The molecule has 0 radical (unpaired) electrons. The first-order valence-electron chi connectivity index (χ1n) is 10.7. The number of phenolic OH excluding ortho intramolecular Hbond substituents is 1. The lowest BCUT2D eigenvalue weighted by Crippen LogP contribution is -2.17. The van der Waals surface area contributed by atoms with E-state index >= 15 is 0 Å². The van der Waals surface area contributed by atoms with Gasteiger partial charge in [-0.1, -0.05) is 23.7 Å². The quantitative estimate of drug-likeness (QED) is 0.366. The molecule has 1 saturated heterocycles. The summed E-state index contributed by atoms with van der Waals surface area (Å²) < 4.78 is 21.4. The zero-order chi connectivity index (χ0) is 23.1. The second-order valence-corrected chi connectivity index (χ2v) is 8.60. The average molecular weight is 466 g/mol. The topological polar surface area (TPSA) is 71.7 Å². The highest BCUT2D eigenvalue weighted by Crippen LogP contribution is 2.47. The first-order chi connectivity index (χ1) is 15.9. The van der Waals surface area contributed by atoms with Crippen molar-refractivity contribution in [1.82, 2.24) is 4.57 Å². The van der Waals surface area contributed by atoms with Gasteiger partial charge in [-0.05, 0) is 66.9 Å². The molecular formula is C26H21ClFNO4. The van der Waals surface area contributed by atoms with Crippen molar-refractivity contribution >= 4 is 28.5 Å². The number of fused-ring (bicyclic) bond motifs is 1. The Hall–Kier alpha value is -3.35. The van der Waals surface area contributed by atoms with Gasteiger partial charge in [0.25, 0.3) is 0 Å². The molecule has 1 aliphatic heterocycles. The van der Waals surface area contributed by atoms with Crippen LogP contribution >= 0.6 is 11.6 Å². The molecule has 1 fully saturated rings. The molecule has 5 nitrogen and oxygen atoms in total. The summed E-state index contributed by atoms with van der Waals surface area (Å²) in [5.41, 5.74) is 4.18. The number of aromatic nitrogens is 1. The van der Waals surface area contributed by atoms with Gasteiger partial charge in [0.15, 0.2) is 0 Å². The molecule has 7 heteroatoms. The van der Waals surface area contributed by atoms with Crippen LogP contribution < -0.4 is 0 Å². The summed E-state index contributed by atoms with van der Waals surface area (Å²) in [5.74, 6) is -1.20. The number of ether oxygens (including phenoxy) is 1. The third-order valence-corrected chi connectivity index (χ3v) is 6.38. The molecule has 0 aliphatic carbocycles. The molecule has 0 atom stereocenters. The number of carboxylic acids is 1. The SMILES string of the molecule is O=C(O)c1ccc(-c2c(C3CCOCC3)n(-c3ccc(F)cc3)c3cc(Cl)cc(O)c23)cc1. The number of nitrogens with zero attached hydrogens (tertiary/aromatic N) is 1. The van der Waals surface area contributed by atoms with E-state index in [1.54, 1.807) is 42.5 Å². The normalized spacial score (nSPS) is 14.6. The smallest absolute Gasteiger partial charge is 0.335 e. The van der Waals surface area contributed by atoms with Crippen molar-refractivity contribution in [3.8, 4) is 22.6 Å². The maximum atomic E-state index is 13.7. The van der Waals surface area contributed by atoms with Crippen LogP contribution in [0, 0.1) is 5.82 Å². The molecule has 0 spiro atoms. The zero-order valence-electron chi connectivity index (χ0n) is 17.6. The number of hydrogen-bond acceptors (Lipinski definition) is 3. The summed E-state index contributed by atoms with van der Waals surface area (Å²) in [6.07, 6.45) is 1.57. The molecule has 1 aliphatic rings. The third-order valence-electron chi connectivity index (χ3n) is 6.16. The molecule has 0 saturated carbocycles. The van der Waals surface area contributed by atoms with Gasteiger partial charge in [-0.25, -0.2) is 9.18 Å². The molecular weight excluding hydrogens is 445 g/mol. The van der Waals surface area contributed by atoms with E-state index in [-0.39, 0.29) is 23.0 Å². The summed E-state index contributed by atoms with van der Waals surface area (Å²) in [6, 6.07) is 16.1. The number of halogens is 2. The lowest BCUT2D eigenvalue weighted by molar-refractivity contribution is 0.0697. The summed E-state index contributed by atoms with van der Waals surface area (Å²) in [4.78, 5) is 11.4. The van der Waals surface area contributed by atoms with Crippen molar-refractivity contribution in [3.05, 3.63) is 82.8 Å². The second-order valence-electron chi connectivity index (χ2n) is 8.16. The maximum Gasteiger partial charge on any atom is 0.335 e. The van der Waals surface area contributed by atoms with Crippen molar-refractivity contribution in [2.45, 2.75) is 18.8 Å².